The van der Waals surface area contributed by atoms with E-state index < -0.39 is 10.2 Å². The van der Waals surface area contributed by atoms with Crippen LogP contribution in [0.3, 0.4) is 0 Å². The predicted octanol–water partition coefficient (Wildman–Crippen LogP) is -0.303. The lowest BCUT2D eigenvalue weighted by Gasteiger charge is -1.99. The third-order valence-corrected chi connectivity index (χ3v) is 1.41. The summed E-state index contributed by atoms with van der Waals surface area (Å²) >= 11 is 0. The Bertz CT molecular complexity index is 321. The molecule has 6 heteroatoms. The van der Waals surface area contributed by atoms with Crippen LogP contribution in [0.1, 0.15) is 0 Å². The molecule has 0 aliphatic heterocycles. The minimum Gasteiger partial charge on any atom is -0.255 e. The first-order valence-corrected chi connectivity index (χ1v) is 4.34. The molecule has 0 aliphatic rings. The van der Waals surface area contributed by atoms with Crippen LogP contribution in [-0.4, -0.2) is 13.4 Å². The molecule has 0 bridgehead atoms. The Kier molecular flexibility index (Phi) is 2.06. The van der Waals surface area contributed by atoms with Gasteiger partial charge in [0.2, 0.25) is 0 Å². The van der Waals surface area contributed by atoms with Crippen molar-refractivity contribution in [2.24, 2.45) is 5.14 Å². The number of rotatable bonds is 2. The third-order valence-electron chi connectivity index (χ3n) is 0.912. The molecule has 60 valence electrons. The fourth-order valence-electron chi connectivity index (χ4n) is 0.569. The van der Waals surface area contributed by atoms with Crippen LogP contribution >= 0.6 is 0 Å². The molecule has 0 amide bonds. The van der Waals surface area contributed by atoms with Gasteiger partial charge in [-0.2, -0.15) is 8.42 Å². The van der Waals surface area contributed by atoms with E-state index in [4.69, 9.17) is 0 Å². The van der Waals surface area contributed by atoms with Crippen LogP contribution in [0, 0.1) is 0 Å². The highest BCUT2D eigenvalue weighted by atomic mass is 32.2. The maximum Gasteiger partial charge on any atom is 0.297 e. The van der Waals surface area contributed by atoms with Gasteiger partial charge in [0.15, 0.2) is 0 Å². The second-order valence-electron chi connectivity index (χ2n) is 1.86. The summed E-state index contributed by atoms with van der Waals surface area (Å²) < 4.78 is 22.9. The van der Waals surface area contributed by atoms with Crippen LogP contribution in [0.15, 0.2) is 24.4 Å². The standard InChI is InChI=1S/C5H7N3O2S/c6-11(9,10)8-5-3-1-2-4-7-5/h1-4H,(H,7,8)(H2,6,9,10). The first-order valence-electron chi connectivity index (χ1n) is 2.79. The van der Waals surface area contributed by atoms with Crippen LogP contribution in [0.25, 0.3) is 0 Å². The van der Waals surface area contributed by atoms with Crippen LogP contribution in [-0.2, 0) is 10.2 Å². The molecule has 0 saturated heterocycles. The average Bonchev–Trinajstić information content (AvgIpc) is 1.85. The first kappa shape index (κ1) is 7.96. The number of anilines is 1. The largest absolute Gasteiger partial charge is 0.297 e. The number of nitrogens with two attached hydrogens (primary N) is 1. The summed E-state index contributed by atoms with van der Waals surface area (Å²) in [4.78, 5) is 3.69. The summed E-state index contributed by atoms with van der Waals surface area (Å²) in [6, 6.07) is 4.83. The highest BCUT2D eigenvalue weighted by Gasteiger charge is 2.00. The second-order valence-corrected chi connectivity index (χ2v) is 3.16. The molecule has 0 radical (unpaired) electrons. The minimum absolute atomic E-state index is 0.218. The molecule has 1 heterocycles. The quantitative estimate of drug-likeness (QED) is 0.643. The number of nitrogens with zero attached hydrogens (tertiary/aromatic N) is 1. The Hall–Kier alpha value is -1.14. The molecule has 11 heavy (non-hydrogen) atoms. The van der Waals surface area contributed by atoms with Crippen molar-refractivity contribution in [3.8, 4) is 0 Å². The van der Waals surface area contributed by atoms with Crippen molar-refractivity contribution >= 4 is 16.0 Å². The zero-order valence-corrected chi connectivity index (χ0v) is 6.38. The van der Waals surface area contributed by atoms with E-state index in [1.807, 2.05) is 4.72 Å². The minimum atomic E-state index is -3.69. The molecule has 3 N–H and O–H groups in total. The average molecular weight is 173 g/mol. The summed E-state index contributed by atoms with van der Waals surface area (Å²) in [5, 5.41) is 4.69. The highest BCUT2D eigenvalue weighted by Crippen LogP contribution is 1.99. The Balaban J connectivity index is 2.82. The Morgan fingerprint density at radius 2 is 2.18 bits per heavy atom. The summed E-state index contributed by atoms with van der Waals surface area (Å²) in [5.74, 6) is 0.218. The van der Waals surface area contributed by atoms with Crippen LogP contribution in [0.4, 0.5) is 5.82 Å². The number of hydrogen-bond donors (Lipinski definition) is 2. The van der Waals surface area contributed by atoms with E-state index in [1.165, 1.54) is 12.3 Å². The monoisotopic (exact) mass is 173 g/mol. The third kappa shape index (κ3) is 2.96. The van der Waals surface area contributed by atoms with Gasteiger partial charge in [0, 0.05) is 6.20 Å². The smallest absolute Gasteiger partial charge is 0.255 e. The van der Waals surface area contributed by atoms with Crippen molar-refractivity contribution in [2.45, 2.75) is 0 Å². The predicted molar refractivity (Wildman–Crippen MR) is 41.0 cm³/mol. The lowest BCUT2D eigenvalue weighted by molar-refractivity contribution is 0.602. The van der Waals surface area contributed by atoms with Gasteiger partial charge in [-0.15, -0.1) is 0 Å². The molecular formula is C5H7N3O2S. The van der Waals surface area contributed by atoms with E-state index in [0.29, 0.717) is 0 Å². The number of aromatic nitrogens is 1. The zero-order valence-electron chi connectivity index (χ0n) is 5.56. The SMILES string of the molecule is NS(=O)(=O)Nc1ccccn1. The molecular weight excluding hydrogens is 166 g/mol. The van der Waals surface area contributed by atoms with Crippen molar-refractivity contribution in [2.75, 3.05) is 4.72 Å². The van der Waals surface area contributed by atoms with E-state index in [9.17, 15) is 8.42 Å². The summed E-state index contributed by atoms with van der Waals surface area (Å²) in [6.45, 7) is 0. The summed E-state index contributed by atoms with van der Waals surface area (Å²) in [5.41, 5.74) is 0. The van der Waals surface area contributed by atoms with Crippen molar-refractivity contribution in [1.82, 2.24) is 4.98 Å². The van der Waals surface area contributed by atoms with Gasteiger partial charge in [0.05, 0.1) is 0 Å². The molecule has 0 saturated carbocycles. The van der Waals surface area contributed by atoms with Crippen molar-refractivity contribution in [1.29, 1.82) is 0 Å². The van der Waals surface area contributed by atoms with E-state index >= 15 is 0 Å². The van der Waals surface area contributed by atoms with Gasteiger partial charge in [0.1, 0.15) is 5.82 Å². The van der Waals surface area contributed by atoms with Crippen molar-refractivity contribution < 1.29 is 8.42 Å². The summed E-state index contributed by atoms with van der Waals surface area (Å²) in [7, 11) is -3.69. The van der Waals surface area contributed by atoms with Gasteiger partial charge in [-0.05, 0) is 12.1 Å². The normalized spacial score (nSPS) is 11.0. The van der Waals surface area contributed by atoms with Crippen molar-refractivity contribution in [3.63, 3.8) is 0 Å². The Morgan fingerprint density at radius 3 is 2.64 bits per heavy atom. The molecule has 0 unspecified atom stereocenters. The molecule has 0 fully saturated rings. The molecule has 0 aliphatic carbocycles. The molecule has 5 nitrogen and oxygen atoms in total. The molecule has 0 atom stereocenters. The van der Waals surface area contributed by atoms with E-state index in [0.717, 1.165) is 0 Å². The molecule has 1 aromatic rings. The number of hydrogen-bond acceptors (Lipinski definition) is 3. The highest BCUT2D eigenvalue weighted by molar-refractivity contribution is 7.90. The van der Waals surface area contributed by atoms with Crippen LogP contribution in [0.2, 0.25) is 0 Å². The fraction of sp³-hybridized carbons (Fsp3) is 0. The lowest BCUT2D eigenvalue weighted by Crippen LogP contribution is -2.22. The molecule has 0 spiro atoms. The van der Waals surface area contributed by atoms with Crippen LogP contribution in [0.5, 0.6) is 0 Å². The second kappa shape index (κ2) is 2.85. The molecule has 1 aromatic heterocycles. The Labute approximate surface area is 64.4 Å². The summed E-state index contributed by atoms with van der Waals surface area (Å²) in [6.07, 6.45) is 1.47. The Morgan fingerprint density at radius 1 is 1.45 bits per heavy atom. The zero-order chi connectivity index (χ0) is 8.32. The van der Waals surface area contributed by atoms with Gasteiger partial charge >= 0.3 is 0 Å². The molecule has 1 rings (SSSR count). The first-order chi connectivity index (χ1) is 5.08. The van der Waals surface area contributed by atoms with Gasteiger partial charge in [-0.25, -0.2) is 10.1 Å². The van der Waals surface area contributed by atoms with Gasteiger partial charge in [0.25, 0.3) is 10.2 Å². The van der Waals surface area contributed by atoms with Gasteiger partial charge in [-0.1, -0.05) is 6.07 Å². The fourth-order valence-corrected chi connectivity index (χ4v) is 0.981. The topological polar surface area (TPSA) is 85.1 Å². The maximum absolute atomic E-state index is 10.4. The van der Waals surface area contributed by atoms with Crippen LogP contribution < -0.4 is 9.86 Å². The molecule has 0 aromatic carbocycles. The van der Waals surface area contributed by atoms with Crippen molar-refractivity contribution in [3.05, 3.63) is 24.4 Å². The number of nitrogens with one attached hydrogen (secondary N) is 1. The maximum atomic E-state index is 10.4. The van der Waals surface area contributed by atoms with E-state index in [-0.39, 0.29) is 5.82 Å². The van der Waals surface area contributed by atoms with Gasteiger partial charge in [-0.3, -0.25) is 4.72 Å². The number of pyridine rings is 1. The van der Waals surface area contributed by atoms with E-state index in [1.54, 1.807) is 12.1 Å². The lowest BCUT2D eigenvalue weighted by atomic mass is 10.5. The van der Waals surface area contributed by atoms with E-state index in [2.05, 4.69) is 10.1 Å². The van der Waals surface area contributed by atoms with Gasteiger partial charge < -0.3 is 0 Å².